The quantitative estimate of drug-likeness (QED) is 0.849. The van der Waals surface area contributed by atoms with Crippen molar-refractivity contribution in [2.45, 2.75) is 38.6 Å². The molecule has 0 spiro atoms. The van der Waals surface area contributed by atoms with Gasteiger partial charge in [0.1, 0.15) is 10.7 Å². The molecule has 17 heavy (non-hydrogen) atoms. The number of aromatic nitrogens is 2. The maximum Gasteiger partial charge on any atom is 0.248 e. The van der Waals surface area contributed by atoms with Crippen LogP contribution < -0.4 is 5.73 Å². The van der Waals surface area contributed by atoms with Crippen molar-refractivity contribution in [3.05, 3.63) is 6.20 Å². The van der Waals surface area contributed by atoms with Crippen molar-refractivity contribution >= 4 is 15.8 Å². The van der Waals surface area contributed by atoms with Crippen molar-refractivity contribution in [1.29, 1.82) is 0 Å². The van der Waals surface area contributed by atoms with Gasteiger partial charge in [0.25, 0.3) is 0 Å². The summed E-state index contributed by atoms with van der Waals surface area (Å²) in [5.41, 5.74) is 5.40. The molecule has 1 unspecified atom stereocenters. The van der Waals surface area contributed by atoms with E-state index in [1.165, 1.54) is 10.5 Å². The van der Waals surface area contributed by atoms with E-state index < -0.39 is 10.0 Å². The van der Waals surface area contributed by atoms with Crippen molar-refractivity contribution in [2.75, 3.05) is 12.8 Å². The lowest BCUT2D eigenvalue weighted by molar-refractivity contribution is 0.216. The smallest absolute Gasteiger partial charge is 0.248 e. The molecule has 0 aliphatic carbocycles. The first kappa shape index (κ1) is 14.0. The zero-order chi connectivity index (χ0) is 13.4. The third kappa shape index (κ3) is 2.61. The van der Waals surface area contributed by atoms with Crippen LogP contribution in [-0.4, -0.2) is 36.0 Å². The predicted molar refractivity (Wildman–Crippen MR) is 66.9 cm³/mol. The Morgan fingerprint density at radius 3 is 2.35 bits per heavy atom. The Hall–Kier alpha value is -1.08. The Bertz CT molecular complexity index is 487. The largest absolute Gasteiger partial charge is 0.383 e. The van der Waals surface area contributed by atoms with E-state index in [4.69, 9.17) is 5.73 Å². The molecule has 0 bridgehead atoms. The van der Waals surface area contributed by atoms with Crippen LogP contribution in [0, 0.1) is 5.41 Å². The Kier molecular flexibility index (Phi) is 3.54. The van der Waals surface area contributed by atoms with E-state index in [1.54, 1.807) is 7.05 Å². The van der Waals surface area contributed by atoms with Crippen molar-refractivity contribution in [1.82, 2.24) is 14.5 Å². The molecule has 7 heteroatoms. The lowest BCUT2D eigenvalue weighted by Gasteiger charge is -2.34. The number of nitrogens with zero attached hydrogens (tertiary/aromatic N) is 2. The van der Waals surface area contributed by atoms with Crippen LogP contribution >= 0.6 is 0 Å². The molecule has 1 atom stereocenters. The van der Waals surface area contributed by atoms with Crippen LogP contribution in [0.15, 0.2) is 11.1 Å². The minimum atomic E-state index is -3.59. The number of aromatic amines is 1. The molecule has 0 aliphatic rings. The number of nitrogens with one attached hydrogen (secondary N) is 1. The zero-order valence-electron chi connectivity index (χ0n) is 10.9. The number of hydrogen-bond donors (Lipinski definition) is 2. The van der Waals surface area contributed by atoms with Crippen LogP contribution in [0.25, 0.3) is 0 Å². The molecule has 1 heterocycles. The third-order valence-corrected chi connectivity index (χ3v) is 5.04. The summed E-state index contributed by atoms with van der Waals surface area (Å²) in [6.07, 6.45) is 1.23. The van der Waals surface area contributed by atoms with Gasteiger partial charge in [0, 0.05) is 13.1 Å². The Morgan fingerprint density at radius 2 is 2.00 bits per heavy atom. The number of sulfonamides is 1. The van der Waals surface area contributed by atoms with Crippen molar-refractivity contribution in [3.8, 4) is 0 Å². The fourth-order valence-electron chi connectivity index (χ4n) is 1.40. The minimum absolute atomic E-state index is 0.0242. The van der Waals surface area contributed by atoms with Gasteiger partial charge in [0.2, 0.25) is 10.0 Å². The van der Waals surface area contributed by atoms with Crippen LogP contribution in [0.2, 0.25) is 0 Å². The second-order valence-electron chi connectivity index (χ2n) is 5.21. The van der Waals surface area contributed by atoms with E-state index in [0.29, 0.717) is 0 Å². The van der Waals surface area contributed by atoms with Gasteiger partial charge in [-0.1, -0.05) is 20.8 Å². The average Bonchev–Trinajstić information content (AvgIpc) is 2.61. The normalized spacial score (nSPS) is 15.2. The molecule has 3 N–H and O–H groups in total. The highest BCUT2D eigenvalue weighted by molar-refractivity contribution is 7.89. The fourth-order valence-corrected chi connectivity index (χ4v) is 2.95. The number of anilines is 1. The summed E-state index contributed by atoms with van der Waals surface area (Å²) in [5.74, 6) is 0.0676. The first-order chi connectivity index (χ1) is 7.58. The lowest BCUT2D eigenvalue weighted by Crippen LogP contribution is -2.42. The number of hydrogen-bond acceptors (Lipinski definition) is 4. The molecule has 1 aromatic rings. The molecule has 98 valence electrons. The van der Waals surface area contributed by atoms with Gasteiger partial charge in [0.05, 0.1) is 6.20 Å². The lowest BCUT2D eigenvalue weighted by atomic mass is 9.88. The molecular formula is C10H20N4O2S. The van der Waals surface area contributed by atoms with Gasteiger partial charge >= 0.3 is 0 Å². The van der Waals surface area contributed by atoms with Gasteiger partial charge in [-0.05, 0) is 12.3 Å². The molecule has 1 rings (SSSR count). The summed E-state index contributed by atoms with van der Waals surface area (Å²) in [6, 6.07) is -0.151. The highest BCUT2D eigenvalue weighted by Gasteiger charge is 2.34. The highest BCUT2D eigenvalue weighted by Crippen LogP contribution is 2.28. The average molecular weight is 260 g/mol. The van der Waals surface area contributed by atoms with E-state index >= 15 is 0 Å². The molecule has 0 radical (unpaired) electrons. The number of rotatable bonds is 3. The summed E-state index contributed by atoms with van der Waals surface area (Å²) in [5, 5.41) is 6.07. The molecule has 0 aromatic carbocycles. The fraction of sp³-hybridized carbons (Fsp3) is 0.700. The van der Waals surface area contributed by atoms with Gasteiger partial charge in [-0.25, -0.2) is 8.42 Å². The Labute approximate surface area is 102 Å². The standard InChI is InChI=1S/C10H20N4O2S/c1-7(10(2,3)4)14(5)17(15,16)8-6-12-13-9(8)11/h6-7H,1-5H3,(H3,11,12,13). The topological polar surface area (TPSA) is 92.1 Å². The molecule has 0 saturated carbocycles. The van der Waals surface area contributed by atoms with Crippen molar-refractivity contribution in [3.63, 3.8) is 0 Å². The maximum absolute atomic E-state index is 12.3. The number of nitrogens with two attached hydrogens (primary N) is 1. The van der Waals surface area contributed by atoms with Gasteiger partial charge in [-0.3, -0.25) is 5.10 Å². The molecule has 1 aromatic heterocycles. The highest BCUT2D eigenvalue weighted by atomic mass is 32.2. The van der Waals surface area contributed by atoms with E-state index in [9.17, 15) is 8.42 Å². The van der Waals surface area contributed by atoms with E-state index in [-0.39, 0.29) is 22.2 Å². The summed E-state index contributed by atoms with van der Waals surface area (Å²) in [4.78, 5) is 0.0242. The van der Waals surface area contributed by atoms with Crippen LogP contribution in [0.1, 0.15) is 27.7 Å². The third-order valence-electron chi connectivity index (χ3n) is 3.09. The van der Waals surface area contributed by atoms with E-state index in [1.807, 2.05) is 27.7 Å². The van der Waals surface area contributed by atoms with Gasteiger partial charge < -0.3 is 5.73 Å². The first-order valence-electron chi connectivity index (χ1n) is 5.35. The zero-order valence-corrected chi connectivity index (χ0v) is 11.7. The van der Waals surface area contributed by atoms with E-state index in [0.717, 1.165) is 0 Å². The van der Waals surface area contributed by atoms with Crippen LogP contribution in [0.3, 0.4) is 0 Å². The Morgan fingerprint density at radius 1 is 1.47 bits per heavy atom. The summed E-state index contributed by atoms with van der Waals surface area (Å²) in [7, 11) is -2.04. The second-order valence-corrected chi connectivity index (χ2v) is 7.18. The van der Waals surface area contributed by atoms with Crippen molar-refractivity contribution in [2.24, 2.45) is 5.41 Å². The van der Waals surface area contributed by atoms with Crippen LogP contribution in [0.4, 0.5) is 5.82 Å². The van der Waals surface area contributed by atoms with Crippen LogP contribution in [-0.2, 0) is 10.0 Å². The molecule has 6 nitrogen and oxygen atoms in total. The summed E-state index contributed by atoms with van der Waals surface area (Å²) >= 11 is 0. The Balaban J connectivity index is 3.13. The summed E-state index contributed by atoms with van der Waals surface area (Å²) in [6.45, 7) is 7.83. The van der Waals surface area contributed by atoms with Gasteiger partial charge in [-0.15, -0.1) is 0 Å². The molecule has 0 fully saturated rings. The van der Waals surface area contributed by atoms with Crippen LogP contribution in [0.5, 0.6) is 0 Å². The molecule has 0 saturated heterocycles. The van der Waals surface area contributed by atoms with E-state index in [2.05, 4.69) is 10.2 Å². The second kappa shape index (κ2) is 4.30. The first-order valence-corrected chi connectivity index (χ1v) is 6.79. The van der Waals surface area contributed by atoms with Gasteiger partial charge in [-0.2, -0.15) is 9.40 Å². The maximum atomic E-state index is 12.3. The summed E-state index contributed by atoms with van der Waals surface area (Å²) < 4.78 is 25.9. The molecule has 0 aliphatic heterocycles. The number of nitrogen functional groups attached to an aromatic ring is 1. The molecular weight excluding hydrogens is 240 g/mol. The number of H-pyrrole nitrogens is 1. The van der Waals surface area contributed by atoms with Crippen molar-refractivity contribution < 1.29 is 8.42 Å². The SMILES string of the molecule is CC(N(C)S(=O)(=O)c1cn[nH]c1N)C(C)(C)C. The minimum Gasteiger partial charge on any atom is -0.383 e. The van der Waals surface area contributed by atoms with Gasteiger partial charge in [0.15, 0.2) is 0 Å². The monoisotopic (exact) mass is 260 g/mol. The predicted octanol–water partition coefficient (Wildman–Crippen LogP) is 1.05. The molecule has 0 amide bonds.